The zero-order chi connectivity index (χ0) is 15.9. The SMILES string of the molecule is CCOCCN(CC)C(=O)[C@@H](N)Cc1c[nH]c2ccccc12.Cl. The Kier molecular flexibility index (Phi) is 8.09. The highest BCUT2D eigenvalue weighted by Crippen LogP contribution is 2.19. The molecule has 0 aliphatic rings. The average molecular weight is 340 g/mol. The van der Waals surface area contributed by atoms with E-state index in [1.807, 2.05) is 44.3 Å². The number of nitrogens with one attached hydrogen (secondary N) is 1. The number of para-hydroxylation sites is 1. The molecule has 0 saturated carbocycles. The third-order valence-corrected chi connectivity index (χ3v) is 3.84. The molecular formula is C17H26ClN3O2. The van der Waals surface area contributed by atoms with Gasteiger partial charge in [-0.05, 0) is 31.9 Å². The van der Waals surface area contributed by atoms with Gasteiger partial charge < -0.3 is 20.4 Å². The van der Waals surface area contributed by atoms with Gasteiger partial charge in [-0.3, -0.25) is 4.79 Å². The molecule has 0 aliphatic carbocycles. The Morgan fingerprint density at radius 2 is 2.09 bits per heavy atom. The van der Waals surface area contributed by atoms with Crippen molar-refractivity contribution < 1.29 is 9.53 Å². The quantitative estimate of drug-likeness (QED) is 0.725. The number of carbonyl (C=O) groups is 1. The smallest absolute Gasteiger partial charge is 0.239 e. The number of carbonyl (C=O) groups excluding carboxylic acids is 1. The number of ether oxygens (including phenoxy) is 1. The first-order valence-electron chi connectivity index (χ1n) is 7.84. The van der Waals surface area contributed by atoms with E-state index in [1.54, 1.807) is 4.90 Å². The van der Waals surface area contributed by atoms with Crippen molar-refractivity contribution in [1.29, 1.82) is 0 Å². The molecule has 3 N–H and O–H groups in total. The number of amides is 1. The maximum absolute atomic E-state index is 12.5. The van der Waals surface area contributed by atoms with Crippen LogP contribution in [-0.2, 0) is 16.0 Å². The van der Waals surface area contributed by atoms with Crippen LogP contribution < -0.4 is 5.73 Å². The maximum atomic E-state index is 12.5. The second kappa shape index (κ2) is 9.55. The number of fused-ring (bicyclic) bond motifs is 1. The van der Waals surface area contributed by atoms with Crippen LogP contribution >= 0.6 is 12.4 Å². The molecule has 0 bridgehead atoms. The minimum absolute atomic E-state index is 0. The number of halogens is 1. The summed E-state index contributed by atoms with van der Waals surface area (Å²) >= 11 is 0. The summed E-state index contributed by atoms with van der Waals surface area (Å²) in [6.07, 6.45) is 2.47. The van der Waals surface area contributed by atoms with Gasteiger partial charge in [0.25, 0.3) is 0 Å². The van der Waals surface area contributed by atoms with Gasteiger partial charge in [0.1, 0.15) is 0 Å². The van der Waals surface area contributed by atoms with E-state index in [2.05, 4.69) is 4.98 Å². The Labute approximate surface area is 143 Å². The third-order valence-electron chi connectivity index (χ3n) is 3.84. The van der Waals surface area contributed by atoms with E-state index in [0.717, 1.165) is 16.5 Å². The van der Waals surface area contributed by atoms with Gasteiger partial charge >= 0.3 is 0 Å². The molecule has 1 aromatic heterocycles. The van der Waals surface area contributed by atoms with Gasteiger partial charge in [0.05, 0.1) is 12.6 Å². The maximum Gasteiger partial charge on any atom is 0.239 e. The molecule has 0 aliphatic heterocycles. The molecule has 0 unspecified atom stereocenters. The Bertz CT molecular complexity index is 615. The summed E-state index contributed by atoms with van der Waals surface area (Å²) in [5.74, 6) is -0.0208. The van der Waals surface area contributed by atoms with Crippen LogP contribution in [0.1, 0.15) is 19.4 Å². The van der Waals surface area contributed by atoms with E-state index in [1.165, 1.54) is 0 Å². The lowest BCUT2D eigenvalue weighted by molar-refractivity contribution is -0.133. The minimum Gasteiger partial charge on any atom is -0.380 e. The van der Waals surface area contributed by atoms with Gasteiger partial charge in [-0.1, -0.05) is 18.2 Å². The summed E-state index contributed by atoms with van der Waals surface area (Å²) in [5.41, 5.74) is 8.29. The lowest BCUT2D eigenvalue weighted by Gasteiger charge is -2.24. The molecule has 128 valence electrons. The van der Waals surface area contributed by atoms with Crippen LogP contribution in [0.25, 0.3) is 10.9 Å². The van der Waals surface area contributed by atoms with Crippen molar-refractivity contribution in [1.82, 2.24) is 9.88 Å². The van der Waals surface area contributed by atoms with Crippen LogP contribution in [-0.4, -0.2) is 48.1 Å². The van der Waals surface area contributed by atoms with Crippen molar-refractivity contribution in [2.45, 2.75) is 26.3 Å². The predicted molar refractivity (Wildman–Crippen MR) is 96.0 cm³/mol. The largest absolute Gasteiger partial charge is 0.380 e. The van der Waals surface area contributed by atoms with Crippen molar-refractivity contribution in [2.75, 3.05) is 26.3 Å². The highest BCUT2D eigenvalue weighted by atomic mass is 35.5. The molecule has 1 atom stereocenters. The molecule has 0 saturated heterocycles. The van der Waals surface area contributed by atoms with Crippen molar-refractivity contribution in [3.8, 4) is 0 Å². The molecule has 5 nitrogen and oxygen atoms in total. The zero-order valence-electron chi connectivity index (χ0n) is 13.7. The molecule has 6 heteroatoms. The normalized spacial score (nSPS) is 12.0. The Morgan fingerprint density at radius 3 is 2.78 bits per heavy atom. The summed E-state index contributed by atoms with van der Waals surface area (Å²) < 4.78 is 5.32. The highest BCUT2D eigenvalue weighted by Gasteiger charge is 2.21. The number of aromatic nitrogens is 1. The molecular weight excluding hydrogens is 314 g/mol. The van der Waals surface area contributed by atoms with Crippen LogP contribution in [0.2, 0.25) is 0 Å². The van der Waals surface area contributed by atoms with Gasteiger partial charge in [-0.15, -0.1) is 12.4 Å². The van der Waals surface area contributed by atoms with Crippen LogP contribution in [0.3, 0.4) is 0 Å². The fourth-order valence-corrected chi connectivity index (χ4v) is 2.60. The number of likely N-dealkylation sites (N-methyl/N-ethyl adjacent to an activating group) is 1. The Hall–Kier alpha value is -1.56. The van der Waals surface area contributed by atoms with Crippen molar-refractivity contribution in [3.63, 3.8) is 0 Å². The first kappa shape index (κ1) is 19.5. The number of benzene rings is 1. The molecule has 0 spiro atoms. The van der Waals surface area contributed by atoms with Crippen molar-refractivity contribution in [2.24, 2.45) is 5.73 Å². The summed E-state index contributed by atoms with van der Waals surface area (Å²) in [4.78, 5) is 17.4. The van der Waals surface area contributed by atoms with Gasteiger partial charge in [0.2, 0.25) is 5.91 Å². The molecule has 1 aromatic carbocycles. The van der Waals surface area contributed by atoms with Crippen LogP contribution in [0.5, 0.6) is 0 Å². The van der Waals surface area contributed by atoms with Crippen LogP contribution in [0, 0.1) is 0 Å². The first-order chi connectivity index (χ1) is 10.7. The number of hydrogen-bond donors (Lipinski definition) is 2. The van der Waals surface area contributed by atoms with Crippen LogP contribution in [0.15, 0.2) is 30.5 Å². The Morgan fingerprint density at radius 1 is 1.35 bits per heavy atom. The highest BCUT2D eigenvalue weighted by molar-refractivity contribution is 5.86. The monoisotopic (exact) mass is 339 g/mol. The lowest BCUT2D eigenvalue weighted by atomic mass is 10.0. The molecule has 1 heterocycles. The van der Waals surface area contributed by atoms with E-state index in [4.69, 9.17) is 10.5 Å². The molecule has 0 radical (unpaired) electrons. The van der Waals surface area contributed by atoms with Gasteiger partial charge in [-0.25, -0.2) is 0 Å². The minimum atomic E-state index is -0.527. The summed E-state index contributed by atoms with van der Waals surface area (Å²) in [6, 6.07) is 7.52. The summed E-state index contributed by atoms with van der Waals surface area (Å²) in [7, 11) is 0. The molecule has 2 rings (SSSR count). The van der Waals surface area contributed by atoms with Crippen molar-refractivity contribution >= 4 is 29.2 Å². The lowest BCUT2D eigenvalue weighted by Crippen LogP contribution is -2.46. The van der Waals surface area contributed by atoms with E-state index in [0.29, 0.717) is 32.7 Å². The standard InChI is InChI=1S/C17H25N3O2.ClH/c1-3-20(9-10-22-4-2)17(21)15(18)11-13-12-19-16-8-6-5-7-14(13)16;/h5-8,12,15,19H,3-4,9-11,18H2,1-2H3;1H/t15-;/m0./s1. The molecule has 1 amide bonds. The first-order valence-corrected chi connectivity index (χ1v) is 7.84. The van der Waals surface area contributed by atoms with Gasteiger partial charge in [0, 0.05) is 36.8 Å². The van der Waals surface area contributed by atoms with Gasteiger partial charge in [-0.2, -0.15) is 0 Å². The second-order valence-electron chi connectivity index (χ2n) is 5.28. The number of aromatic amines is 1. The van der Waals surface area contributed by atoms with E-state index in [-0.39, 0.29) is 18.3 Å². The summed E-state index contributed by atoms with van der Waals surface area (Å²) in [5, 5.41) is 1.13. The topological polar surface area (TPSA) is 71.3 Å². The number of H-pyrrole nitrogens is 1. The fraction of sp³-hybridized carbons (Fsp3) is 0.471. The number of hydrogen-bond acceptors (Lipinski definition) is 3. The van der Waals surface area contributed by atoms with E-state index >= 15 is 0 Å². The van der Waals surface area contributed by atoms with E-state index in [9.17, 15) is 4.79 Å². The third kappa shape index (κ3) is 4.96. The molecule has 2 aromatic rings. The number of rotatable bonds is 8. The average Bonchev–Trinajstić information content (AvgIpc) is 2.94. The molecule has 0 fully saturated rings. The fourth-order valence-electron chi connectivity index (χ4n) is 2.60. The number of nitrogens with zero attached hydrogens (tertiary/aromatic N) is 1. The molecule has 23 heavy (non-hydrogen) atoms. The van der Waals surface area contributed by atoms with Gasteiger partial charge in [0.15, 0.2) is 0 Å². The Balaban J connectivity index is 0.00000264. The van der Waals surface area contributed by atoms with Crippen molar-refractivity contribution in [3.05, 3.63) is 36.0 Å². The second-order valence-corrected chi connectivity index (χ2v) is 5.28. The number of nitrogens with two attached hydrogens (primary N) is 1. The zero-order valence-corrected chi connectivity index (χ0v) is 14.6. The predicted octanol–water partition coefficient (Wildman–Crippen LogP) is 2.34. The van der Waals surface area contributed by atoms with E-state index < -0.39 is 6.04 Å². The summed E-state index contributed by atoms with van der Waals surface area (Å²) in [6.45, 7) is 6.35. The van der Waals surface area contributed by atoms with Crippen LogP contribution in [0.4, 0.5) is 0 Å².